The highest BCUT2D eigenvalue weighted by Gasteiger charge is 2.35. The first-order valence-electron chi connectivity index (χ1n) is 10.3. The lowest BCUT2D eigenvalue weighted by molar-refractivity contribution is 0.132. The molecule has 0 heterocycles. The molecule has 1 nitrogen and oxygen atoms in total. The number of methoxy groups -OCH3 is 1. The van der Waals surface area contributed by atoms with E-state index in [9.17, 15) is 8.78 Å². The maximum atomic E-state index is 15.0. The highest BCUT2D eigenvalue weighted by atomic mass is 19.1. The van der Waals surface area contributed by atoms with Gasteiger partial charge < -0.3 is 4.74 Å². The van der Waals surface area contributed by atoms with Crippen molar-refractivity contribution in [1.82, 2.24) is 0 Å². The van der Waals surface area contributed by atoms with Crippen LogP contribution in [-0.4, -0.2) is 7.11 Å². The van der Waals surface area contributed by atoms with Gasteiger partial charge in [-0.3, -0.25) is 0 Å². The predicted octanol–water partition coefficient (Wildman–Crippen LogP) is 7.13. The molecule has 28 heavy (non-hydrogen) atoms. The SMILES string of the molecule is C=CC1CCC2CC(c3ccc(-c4ccc(OC)cc4F)cc3F)CCC2C1. The molecule has 4 atom stereocenters. The third-order valence-electron chi connectivity index (χ3n) is 6.91. The van der Waals surface area contributed by atoms with Gasteiger partial charge in [0, 0.05) is 11.6 Å². The smallest absolute Gasteiger partial charge is 0.134 e. The van der Waals surface area contributed by atoms with Gasteiger partial charge in [-0.05, 0) is 91.5 Å². The molecular weight excluding hydrogens is 354 g/mol. The van der Waals surface area contributed by atoms with Crippen LogP contribution in [0.3, 0.4) is 0 Å². The van der Waals surface area contributed by atoms with Crippen LogP contribution in [0, 0.1) is 29.4 Å². The van der Waals surface area contributed by atoms with Crippen molar-refractivity contribution in [2.24, 2.45) is 17.8 Å². The van der Waals surface area contributed by atoms with Crippen molar-refractivity contribution >= 4 is 0 Å². The summed E-state index contributed by atoms with van der Waals surface area (Å²) in [5, 5.41) is 0. The lowest BCUT2D eigenvalue weighted by Gasteiger charge is -2.41. The molecule has 3 heteroatoms. The van der Waals surface area contributed by atoms with Gasteiger partial charge in [0.1, 0.15) is 17.4 Å². The van der Waals surface area contributed by atoms with Crippen LogP contribution in [0.5, 0.6) is 5.75 Å². The second-order valence-electron chi connectivity index (χ2n) is 8.42. The van der Waals surface area contributed by atoms with Crippen LogP contribution in [-0.2, 0) is 0 Å². The minimum atomic E-state index is -0.397. The Hall–Kier alpha value is -2.16. The third-order valence-corrected chi connectivity index (χ3v) is 6.91. The monoisotopic (exact) mass is 382 g/mol. The molecule has 2 aliphatic carbocycles. The van der Waals surface area contributed by atoms with Crippen LogP contribution in [0.15, 0.2) is 49.1 Å². The second kappa shape index (κ2) is 8.06. The van der Waals surface area contributed by atoms with E-state index in [-0.39, 0.29) is 11.7 Å². The summed E-state index contributed by atoms with van der Waals surface area (Å²) in [6, 6.07) is 9.89. The zero-order valence-electron chi connectivity index (χ0n) is 16.5. The van der Waals surface area contributed by atoms with Gasteiger partial charge in [0.15, 0.2) is 0 Å². The van der Waals surface area contributed by atoms with Crippen molar-refractivity contribution in [1.29, 1.82) is 0 Å². The van der Waals surface area contributed by atoms with Gasteiger partial charge in [-0.1, -0.05) is 18.2 Å². The molecule has 0 aliphatic heterocycles. The van der Waals surface area contributed by atoms with Gasteiger partial charge in [0.25, 0.3) is 0 Å². The van der Waals surface area contributed by atoms with Crippen molar-refractivity contribution in [2.75, 3.05) is 7.11 Å². The van der Waals surface area contributed by atoms with E-state index in [2.05, 4.69) is 12.7 Å². The minimum absolute atomic E-state index is 0.212. The van der Waals surface area contributed by atoms with E-state index >= 15 is 0 Å². The summed E-state index contributed by atoms with van der Waals surface area (Å²) in [5.41, 5.74) is 1.77. The number of fused-ring (bicyclic) bond motifs is 1. The Labute approximate surface area is 166 Å². The minimum Gasteiger partial charge on any atom is -0.497 e. The Morgan fingerprint density at radius 3 is 2.43 bits per heavy atom. The fourth-order valence-electron chi connectivity index (χ4n) is 5.30. The first-order chi connectivity index (χ1) is 13.6. The molecule has 148 valence electrons. The summed E-state index contributed by atoms with van der Waals surface area (Å²) in [6.45, 7) is 3.96. The molecule has 0 spiro atoms. The number of hydrogen-bond donors (Lipinski definition) is 0. The van der Waals surface area contributed by atoms with E-state index in [1.165, 1.54) is 44.9 Å². The summed E-state index contributed by atoms with van der Waals surface area (Å²) in [7, 11) is 1.50. The predicted molar refractivity (Wildman–Crippen MR) is 109 cm³/mol. The quantitative estimate of drug-likeness (QED) is 0.511. The van der Waals surface area contributed by atoms with E-state index in [0.717, 1.165) is 24.3 Å². The van der Waals surface area contributed by atoms with Crippen LogP contribution in [0.4, 0.5) is 8.78 Å². The molecule has 4 unspecified atom stereocenters. The molecule has 2 saturated carbocycles. The molecule has 2 fully saturated rings. The number of rotatable bonds is 4. The Kier molecular flexibility index (Phi) is 5.52. The molecule has 0 bridgehead atoms. The Morgan fingerprint density at radius 2 is 1.71 bits per heavy atom. The molecule has 0 N–H and O–H groups in total. The van der Waals surface area contributed by atoms with Gasteiger partial charge in [0.2, 0.25) is 0 Å². The van der Waals surface area contributed by atoms with Crippen LogP contribution in [0.25, 0.3) is 11.1 Å². The molecule has 2 aliphatic rings. The summed E-state index contributed by atoms with van der Waals surface area (Å²) >= 11 is 0. The number of allylic oxidation sites excluding steroid dienone is 1. The van der Waals surface area contributed by atoms with Gasteiger partial charge in [-0.2, -0.15) is 0 Å². The van der Waals surface area contributed by atoms with Crippen molar-refractivity contribution in [3.05, 3.63) is 66.3 Å². The van der Waals surface area contributed by atoms with E-state index in [1.54, 1.807) is 12.1 Å². The Bertz CT molecular complexity index is 860. The highest BCUT2D eigenvalue weighted by molar-refractivity contribution is 5.65. The van der Waals surface area contributed by atoms with Gasteiger partial charge in [-0.15, -0.1) is 6.58 Å². The lowest BCUT2D eigenvalue weighted by atomic mass is 9.64. The Morgan fingerprint density at radius 1 is 0.929 bits per heavy atom. The molecule has 0 amide bonds. The average Bonchev–Trinajstić information content (AvgIpc) is 2.72. The third kappa shape index (κ3) is 3.72. The van der Waals surface area contributed by atoms with Gasteiger partial charge in [-0.25, -0.2) is 8.78 Å². The normalized spacial score (nSPS) is 27.1. The first-order valence-corrected chi connectivity index (χ1v) is 10.3. The van der Waals surface area contributed by atoms with Crippen molar-refractivity contribution in [3.8, 4) is 16.9 Å². The van der Waals surface area contributed by atoms with Gasteiger partial charge >= 0.3 is 0 Å². The molecule has 0 saturated heterocycles. The van der Waals surface area contributed by atoms with Crippen molar-refractivity contribution < 1.29 is 13.5 Å². The fourth-order valence-corrected chi connectivity index (χ4v) is 5.30. The van der Waals surface area contributed by atoms with Crippen molar-refractivity contribution in [2.45, 2.75) is 44.4 Å². The second-order valence-corrected chi connectivity index (χ2v) is 8.42. The number of benzene rings is 2. The molecule has 2 aromatic rings. The molecule has 4 rings (SSSR count). The summed E-state index contributed by atoms with van der Waals surface area (Å²) < 4.78 is 34.4. The zero-order chi connectivity index (χ0) is 19.7. The molecule has 2 aromatic carbocycles. The summed E-state index contributed by atoms with van der Waals surface area (Å²) in [4.78, 5) is 0. The summed E-state index contributed by atoms with van der Waals surface area (Å²) in [6.07, 6.45) is 9.09. The molecule has 0 radical (unpaired) electrons. The Balaban J connectivity index is 1.52. The maximum absolute atomic E-state index is 15.0. The fraction of sp³-hybridized carbons (Fsp3) is 0.440. The standard InChI is InChI=1S/C25H28F2O/c1-3-16-4-5-18-13-19(7-6-17(18)12-16)22-10-8-20(14-24(22)26)23-11-9-21(28-2)15-25(23)27/h3,8-11,14-19H,1,4-7,12-13H2,2H3. The average molecular weight is 382 g/mol. The van der Waals surface area contributed by atoms with Crippen LogP contribution in [0.1, 0.15) is 50.0 Å². The van der Waals surface area contributed by atoms with E-state index in [4.69, 9.17) is 4.74 Å². The first kappa shape index (κ1) is 19.2. The van der Waals surface area contributed by atoms with E-state index in [0.29, 0.717) is 28.7 Å². The lowest BCUT2D eigenvalue weighted by Crippen LogP contribution is -2.30. The van der Waals surface area contributed by atoms with Crippen LogP contribution >= 0.6 is 0 Å². The molecule has 0 aromatic heterocycles. The van der Waals surface area contributed by atoms with Crippen molar-refractivity contribution in [3.63, 3.8) is 0 Å². The topological polar surface area (TPSA) is 9.23 Å². The molecular formula is C25H28F2O. The largest absolute Gasteiger partial charge is 0.497 e. The number of halogens is 2. The van der Waals surface area contributed by atoms with E-state index < -0.39 is 5.82 Å². The van der Waals surface area contributed by atoms with E-state index in [1.807, 2.05) is 12.1 Å². The van der Waals surface area contributed by atoms with Crippen LogP contribution in [0.2, 0.25) is 0 Å². The maximum Gasteiger partial charge on any atom is 0.134 e. The number of hydrogen-bond acceptors (Lipinski definition) is 1. The highest BCUT2D eigenvalue weighted by Crippen LogP contribution is 2.48. The number of ether oxygens (including phenoxy) is 1. The van der Waals surface area contributed by atoms with Crippen LogP contribution < -0.4 is 4.74 Å². The summed E-state index contributed by atoms with van der Waals surface area (Å²) in [5.74, 6) is 2.25. The van der Waals surface area contributed by atoms with Gasteiger partial charge in [0.05, 0.1) is 7.11 Å². The zero-order valence-corrected chi connectivity index (χ0v) is 16.5.